The maximum Gasteiger partial charge on any atom is 0.185 e. The van der Waals surface area contributed by atoms with Crippen LogP contribution >= 0.6 is 11.3 Å². The van der Waals surface area contributed by atoms with Crippen molar-refractivity contribution in [3.8, 4) is 0 Å². The van der Waals surface area contributed by atoms with Crippen LogP contribution in [0.2, 0.25) is 0 Å². The molecule has 0 amide bonds. The Bertz CT molecular complexity index is 456. The van der Waals surface area contributed by atoms with Crippen molar-refractivity contribution in [1.29, 1.82) is 0 Å². The molecule has 17 heavy (non-hydrogen) atoms. The van der Waals surface area contributed by atoms with Crippen molar-refractivity contribution in [3.63, 3.8) is 0 Å². The highest BCUT2D eigenvalue weighted by molar-refractivity contribution is 7.22. The van der Waals surface area contributed by atoms with Crippen molar-refractivity contribution in [2.75, 3.05) is 25.1 Å². The van der Waals surface area contributed by atoms with Crippen molar-refractivity contribution in [1.82, 2.24) is 14.8 Å². The zero-order chi connectivity index (χ0) is 12.3. The lowest BCUT2D eigenvalue weighted by atomic mass is 10.4. The number of hydrogen-bond donors (Lipinski definition) is 1. The number of aromatic nitrogens is 3. The zero-order valence-corrected chi connectivity index (χ0v) is 11.3. The Morgan fingerprint density at radius 3 is 3.00 bits per heavy atom. The first-order valence-electron chi connectivity index (χ1n) is 5.84. The first kappa shape index (κ1) is 12.3. The molecule has 0 aromatic carbocycles. The van der Waals surface area contributed by atoms with Crippen LogP contribution in [-0.2, 0) is 11.8 Å². The van der Waals surface area contributed by atoms with Crippen LogP contribution in [0.1, 0.15) is 19.0 Å². The third kappa shape index (κ3) is 2.76. The summed E-state index contributed by atoms with van der Waals surface area (Å²) in [4.78, 5) is 4.52. The van der Waals surface area contributed by atoms with Gasteiger partial charge in [-0.3, -0.25) is 0 Å². The Hall–Kier alpha value is -1.14. The number of hydrogen-bond acceptors (Lipinski definition) is 5. The summed E-state index contributed by atoms with van der Waals surface area (Å²) in [5.74, 6) is 0. The monoisotopic (exact) mass is 254 g/mol. The van der Waals surface area contributed by atoms with Gasteiger partial charge in [-0.25, -0.2) is 9.67 Å². The van der Waals surface area contributed by atoms with Crippen molar-refractivity contribution in [2.45, 2.75) is 20.3 Å². The largest absolute Gasteiger partial charge is 0.382 e. The Kier molecular flexibility index (Phi) is 3.96. The average molecular weight is 254 g/mol. The lowest BCUT2D eigenvalue weighted by Crippen LogP contribution is -2.05. The van der Waals surface area contributed by atoms with Gasteiger partial charge in [0.1, 0.15) is 0 Å². The van der Waals surface area contributed by atoms with Crippen LogP contribution in [0, 0.1) is 6.92 Å². The quantitative estimate of drug-likeness (QED) is 0.803. The summed E-state index contributed by atoms with van der Waals surface area (Å²) in [6, 6.07) is 0. The van der Waals surface area contributed by atoms with Crippen LogP contribution in [-0.4, -0.2) is 34.5 Å². The van der Waals surface area contributed by atoms with Crippen molar-refractivity contribution in [2.24, 2.45) is 7.05 Å². The van der Waals surface area contributed by atoms with E-state index < -0.39 is 0 Å². The number of aryl methyl sites for hydroxylation is 2. The number of ether oxygens (including phenoxy) is 1. The van der Waals surface area contributed by atoms with Crippen molar-refractivity contribution in [3.05, 3.63) is 5.69 Å². The van der Waals surface area contributed by atoms with Gasteiger partial charge in [-0.2, -0.15) is 5.10 Å². The van der Waals surface area contributed by atoms with Gasteiger partial charge in [-0.1, -0.05) is 11.3 Å². The molecule has 6 heteroatoms. The maximum atomic E-state index is 5.28. The topological polar surface area (TPSA) is 52.0 Å². The minimum atomic E-state index is 0.784. The molecule has 5 nitrogen and oxygen atoms in total. The molecule has 0 saturated heterocycles. The molecule has 0 atom stereocenters. The van der Waals surface area contributed by atoms with E-state index in [-0.39, 0.29) is 0 Å². The van der Waals surface area contributed by atoms with Crippen LogP contribution in [0.25, 0.3) is 10.3 Å². The minimum absolute atomic E-state index is 0.784. The van der Waals surface area contributed by atoms with E-state index >= 15 is 0 Å². The van der Waals surface area contributed by atoms with Gasteiger partial charge in [-0.05, 0) is 20.3 Å². The summed E-state index contributed by atoms with van der Waals surface area (Å²) in [5, 5.41) is 8.61. The summed E-state index contributed by atoms with van der Waals surface area (Å²) >= 11 is 1.66. The SMILES string of the molecule is CCOCCCNc1nc2c(s1)c(C)nn2C. The van der Waals surface area contributed by atoms with E-state index in [2.05, 4.69) is 15.4 Å². The molecule has 1 N–H and O–H groups in total. The molecular weight excluding hydrogens is 236 g/mol. The molecule has 0 aliphatic rings. The Morgan fingerprint density at radius 2 is 2.29 bits per heavy atom. The third-order valence-electron chi connectivity index (χ3n) is 2.49. The van der Waals surface area contributed by atoms with Crippen LogP contribution in [0.4, 0.5) is 5.13 Å². The fourth-order valence-electron chi connectivity index (χ4n) is 1.67. The molecule has 2 aromatic heterocycles. The van der Waals surface area contributed by atoms with Gasteiger partial charge in [-0.15, -0.1) is 0 Å². The zero-order valence-electron chi connectivity index (χ0n) is 10.5. The maximum absolute atomic E-state index is 5.28. The number of thiazole rings is 1. The van der Waals surface area contributed by atoms with Crippen LogP contribution in [0.15, 0.2) is 0 Å². The predicted octanol–water partition coefficient (Wildman–Crippen LogP) is 2.18. The van der Waals surface area contributed by atoms with Crippen LogP contribution in [0.3, 0.4) is 0 Å². The molecule has 0 aliphatic heterocycles. The van der Waals surface area contributed by atoms with Gasteiger partial charge >= 0.3 is 0 Å². The molecule has 0 aliphatic carbocycles. The van der Waals surface area contributed by atoms with Gasteiger partial charge in [0, 0.05) is 26.8 Å². The fourth-order valence-corrected chi connectivity index (χ4v) is 2.63. The fraction of sp³-hybridized carbons (Fsp3) is 0.636. The lowest BCUT2D eigenvalue weighted by molar-refractivity contribution is 0.147. The molecule has 0 fully saturated rings. The molecule has 2 aromatic rings. The average Bonchev–Trinajstić information content (AvgIpc) is 2.82. The van der Waals surface area contributed by atoms with Gasteiger partial charge in [0.05, 0.1) is 10.4 Å². The van der Waals surface area contributed by atoms with E-state index in [1.807, 2.05) is 25.6 Å². The number of fused-ring (bicyclic) bond motifs is 1. The Labute approximate surface area is 105 Å². The molecule has 94 valence electrons. The molecule has 2 heterocycles. The Balaban J connectivity index is 1.93. The van der Waals surface area contributed by atoms with Gasteiger partial charge in [0.25, 0.3) is 0 Å². The molecule has 0 spiro atoms. The lowest BCUT2D eigenvalue weighted by Gasteiger charge is -2.02. The number of anilines is 1. The highest BCUT2D eigenvalue weighted by Crippen LogP contribution is 2.27. The highest BCUT2D eigenvalue weighted by atomic mass is 32.1. The second-order valence-corrected chi connectivity index (χ2v) is 4.86. The van der Waals surface area contributed by atoms with E-state index in [1.54, 1.807) is 11.3 Å². The number of nitrogens with zero attached hydrogens (tertiary/aromatic N) is 3. The normalized spacial score (nSPS) is 11.2. The van der Waals surface area contributed by atoms with E-state index in [0.717, 1.165) is 42.7 Å². The van der Waals surface area contributed by atoms with E-state index in [4.69, 9.17) is 4.74 Å². The molecule has 0 saturated carbocycles. The second-order valence-electron chi connectivity index (χ2n) is 3.86. The van der Waals surface area contributed by atoms with E-state index in [0.29, 0.717) is 0 Å². The summed E-state index contributed by atoms with van der Waals surface area (Å²) in [5.41, 5.74) is 2.00. The first-order valence-corrected chi connectivity index (χ1v) is 6.65. The van der Waals surface area contributed by atoms with Gasteiger partial charge in [0.2, 0.25) is 0 Å². The minimum Gasteiger partial charge on any atom is -0.382 e. The van der Waals surface area contributed by atoms with Crippen LogP contribution < -0.4 is 5.32 Å². The summed E-state index contributed by atoms with van der Waals surface area (Å²) in [7, 11) is 1.92. The highest BCUT2D eigenvalue weighted by Gasteiger charge is 2.10. The van der Waals surface area contributed by atoms with E-state index in [9.17, 15) is 0 Å². The summed E-state index contributed by atoms with van der Waals surface area (Å²) in [6.45, 7) is 6.50. The summed E-state index contributed by atoms with van der Waals surface area (Å²) < 4.78 is 8.27. The standard InChI is InChI=1S/C11H18N4OS/c1-4-16-7-5-6-12-11-13-10-9(17-11)8(2)14-15(10)3/h4-7H2,1-3H3,(H,12,13). The van der Waals surface area contributed by atoms with Crippen LogP contribution in [0.5, 0.6) is 0 Å². The molecule has 2 rings (SSSR count). The first-order chi connectivity index (χ1) is 8.22. The molecule has 0 unspecified atom stereocenters. The molecule has 0 radical (unpaired) electrons. The molecular formula is C11H18N4OS. The van der Waals surface area contributed by atoms with Crippen molar-refractivity contribution >= 4 is 26.8 Å². The van der Waals surface area contributed by atoms with E-state index in [1.165, 1.54) is 4.70 Å². The number of rotatable bonds is 6. The van der Waals surface area contributed by atoms with Gasteiger partial charge in [0.15, 0.2) is 10.8 Å². The Morgan fingerprint density at radius 1 is 1.47 bits per heavy atom. The summed E-state index contributed by atoms with van der Waals surface area (Å²) in [6.07, 6.45) is 1.00. The third-order valence-corrected chi connectivity index (χ3v) is 3.60. The predicted molar refractivity (Wildman–Crippen MR) is 70.7 cm³/mol. The molecule has 0 bridgehead atoms. The second kappa shape index (κ2) is 5.46. The van der Waals surface area contributed by atoms with Gasteiger partial charge < -0.3 is 10.1 Å². The smallest absolute Gasteiger partial charge is 0.185 e. The number of nitrogens with one attached hydrogen (secondary N) is 1. The van der Waals surface area contributed by atoms with Crippen molar-refractivity contribution < 1.29 is 4.74 Å².